The SMILES string of the molecule is CCN(c1ncccc1C)C1CCC(N)CC1. The fraction of sp³-hybridized carbons (Fsp3) is 0.643. The second-order valence-electron chi connectivity index (χ2n) is 5.00. The fourth-order valence-electron chi connectivity index (χ4n) is 2.77. The van der Waals surface area contributed by atoms with Crippen LogP contribution in [0.3, 0.4) is 0 Å². The molecule has 0 aliphatic heterocycles. The van der Waals surface area contributed by atoms with Gasteiger partial charge in [-0.15, -0.1) is 0 Å². The lowest BCUT2D eigenvalue weighted by Gasteiger charge is -2.36. The molecule has 2 rings (SSSR count). The molecule has 1 aromatic heterocycles. The Morgan fingerprint density at radius 1 is 1.35 bits per heavy atom. The molecule has 3 nitrogen and oxygen atoms in total. The van der Waals surface area contributed by atoms with Gasteiger partial charge in [0.05, 0.1) is 0 Å². The maximum absolute atomic E-state index is 5.97. The molecule has 1 aliphatic rings. The van der Waals surface area contributed by atoms with E-state index < -0.39 is 0 Å². The summed E-state index contributed by atoms with van der Waals surface area (Å²) >= 11 is 0. The number of hydrogen-bond donors (Lipinski definition) is 1. The van der Waals surface area contributed by atoms with Gasteiger partial charge >= 0.3 is 0 Å². The van der Waals surface area contributed by atoms with Crippen molar-refractivity contribution in [2.75, 3.05) is 11.4 Å². The largest absolute Gasteiger partial charge is 0.354 e. The molecule has 0 aromatic carbocycles. The lowest BCUT2D eigenvalue weighted by molar-refractivity contribution is 0.376. The van der Waals surface area contributed by atoms with Crippen LogP contribution < -0.4 is 10.6 Å². The highest BCUT2D eigenvalue weighted by Gasteiger charge is 2.24. The van der Waals surface area contributed by atoms with Crippen LogP contribution in [0, 0.1) is 6.92 Å². The third-order valence-corrected chi connectivity index (χ3v) is 3.78. The van der Waals surface area contributed by atoms with Gasteiger partial charge in [-0.25, -0.2) is 4.98 Å². The van der Waals surface area contributed by atoms with Crippen LogP contribution in [0.2, 0.25) is 0 Å². The molecule has 2 N–H and O–H groups in total. The maximum atomic E-state index is 5.97. The first-order valence-corrected chi connectivity index (χ1v) is 6.66. The Morgan fingerprint density at radius 2 is 2.06 bits per heavy atom. The van der Waals surface area contributed by atoms with E-state index in [1.165, 1.54) is 18.4 Å². The third-order valence-electron chi connectivity index (χ3n) is 3.78. The van der Waals surface area contributed by atoms with E-state index in [1.807, 2.05) is 12.3 Å². The number of anilines is 1. The summed E-state index contributed by atoms with van der Waals surface area (Å²) < 4.78 is 0. The van der Waals surface area contributed by atoms with Crippen LogP contribution in [0.25, 0.3) is 0 Å². The van der Waals surface area contributed by atoms with Gasteiger partial charge in [-0.2, -0.15) is 0 Å². The van der Waals surface area contributed by atoms with Crippen molar-refractivity contribution in [1.29, 1.82) is 0 Å². The molecule has 0 spiro atoms. The second-order valence-corrected chi connectivity index (χ2v) is 5.00. The van der Waals surface area contributed by atoms with Gasteiger partial charge in [0.2, 0.25) is 0 Å². The molecule has 0 radical (unpaired) electrons. The van der Waals surface area contributed by atoms with Crippen molar-refractivity contribution >= 4 is 5.82 Å². The summed E-state index contributed by atoms with van der Waals surface area (Å²) in [6, 6.07) is 5.17. The average Bonchev–Trinajstić information content (AvgIpc) is 2.35. The van der Waals surface area contributed by atoms with E-state index in [-0.39, 0.29) is 0 Å². The van der Waals surface area contributed by atoms with Gasteiger partial charge in [-0.3, -0.25) is 0 Å². The van der Waals surface area contributed by atoms with Crippen molar-refractivity contribution in [2.24, 2.45) is 5.73 Å². The Balaban J connectivity index is 2.14. The molecule has 94 valence electrons. The molecule has 3 heteroatoms. The van der Waals surface area contributed by atoms with E-state index in [0.717, 1.165) is 25.2 Å². The predicted molar refractivity (Wildman–Crippen MR) is 72.2 cm³/mol. The first kappa shape index (κ1) is 12.4. The Bertz CT molecular complexity index is 356. The Hall–Kier alpha value is -1.09. The summed E-state index contributed by atoms with van der Waals surface area (Å²) in [5, 5.41) is 0. The number of pyridine rings is 1. The van der Waals surface area contributed by atoms with Crippen LogP contribution in [-0.2, 0) is 0 Å². The van der Waals surface area contributed by atoms with Crippen LogP contribution in [0.15, 0.2) is 18.3 Å². The summed E-state index contributed by atoms with van der Waals surface area (Å²) in [6.07, 6.45) is 6.58. The van der Waals surface area contributed by atoms with Crippen molar-refractivity contribution in [2.45, 2.75) is 51.6 Å². The van der Waals surface area contributed by atoms with Crippen molar-refractivity contribution in [1.82, 2.24) is 4.98 Å². The Kier molecular flexibility index (Phi) is 4.00. The van der Waals surface area contributed by atoms with E-state index in [0.29, 0.717) is 12.1 Å². The summed E-state index contributed by atoms with van der Waals surface area (Å²) in [4.78, 5) is 6.98. The molecule has 1 fully saturated rings. The van der Waals surface area contributed by atoms with Crippen molar-refractivity contribution in [3.05, 3.63) is 23.9 Å². The van der Waals surface area contributed by atoms with Gasteiger partial charge in [-0.1, -0.05) is 6.07 Å². The number of rotatable bonds is 3. The quantitative estimate of drug-likeness (QED) is 0.872. The molecule has 0 amide bonds. The van der Waals surface area contributed by atoms with Crippen LogP contribution in [-0.4, -0.2) is 23.6 Å². The number of hydrogen-bond acceptors (Lipinski definition) is 3. The highest BCUT2D eigenvalue weighted by atomic mass is 15.2. The van der Waals surface area contributed by atoms with Crippen LogP contribution in [0.4, 0.5) is 5.82 Å². The summed E-state index contributed by atoms with van der Waals surface area (Å²) in [7, 11) is 0. The van der Waals surface area contributed by atoms with E-state index >= 15 is 0 Å². The number of nitrogens with zero attached hydrogens (tertiary/aromatic N) is 2. The minimum absolute atomic E-state index is 0.412. The fourth-order valence-corrected chi connectivity index (χ4v) is 2.77. The van der Waals surface area contributed by atoms with Crippen molar-refractivity contribution in [3.63, 3.8) is 0 Å². The molecule has 0 saturated heterocycles. The standard InChI is InChI=1S/C14H23N3/c1-3-17(13-8-6-12(15)7-9-13)14-11(2)5-4-10-16-14/h4-5,10,12-13H,3,6-9,15H2,1-2H3. The van der Waals surface area contributed by atoms with Gasteiger partial charge in [0, 0.05) is 24.8 Å². The molecule has 1 aromatic rings. The zero-order valence-electron chi connectivity index (χ0n) is 10.9. The minimum atomic E-state index is 0.412. The minimum Gasteiger partial charge on any atom is -0.354 e. The third kappa shape index (κ3) is 2.78. The van der Waals surface area contributed by atoms with Crippen LogP contribution >= 0.6 is 0 Å². The molecule has 1 saturated carbocycles. The molecule has 1 heterocycles. The Morgan fingerprint density at radius 3 is 2.65 bits per heavy atom. The van der Waals surface area contributed by atoms with E-state index in [1.54, 1.807) is 0 Å². The van der Waals surface area contributed by atoms with Gasteiger partial charge in [0.15, 0.2) is 0 Å². The zero-order chi connectivity index (χ0) is 12.3. The first-order chi connectivity index (χ1) is 8.22. The molecule has 17 heavy (non-hydrogen) atoms. The first-order valence-electron chi connectivity index (χ1n) is 6.66. The molecule has 0 atom stereocenters. The lowest BCUT2D eigenvalue weighted by Crippen LogP contribution is -2.41. The van der Waals surface area contributed by atoms with Crippen molar-refractivity contribution in [3.8, 4) is 0 Å². The maximum Gasteiger partial charge on any atom is 0.131 e. The smallest absolute Gasteiger partial charge is 0.131 e. The lowest BCUT2D eigenvalue weighted by atomic mass is 9.90. The van der Waals surface area contributed by atoms with Gasteiger partial charge < -0.3 is 10.6 Å². The van der Waals surface area contributed by atoms with Gasteiger partial charge in [0.1, 0.15) is 5.82 Å². The normalized spacial score (nSPS) is 24.6. The van der Waals surface area contributed by atoms with Crippen molar-refractivity contribution < 1.29 is 0 Å². The molecule has 0 bridgehead atoms. The van der Waals surface area contributed by atoms with E-state index in [4.69, 9.17) is 5.73 Å². The number of aromatic nitrogens is 1. The highest BCUT2D eigenvalue weighted by Crippen LogP contribution is 2.27. The summed E-state index contributed by atoms with van der Waals surface area (Å²) in [5.74, 6) is 1.15. The highest BCUT2D eigenvalue weighted by molar-refractivity contribution is 5.46. The average molecular weight is 233 g/mol. The second kappa shape index (κ2) is 5.50. The molecule has 1 aliphatic carbocycles. The zero-order valence-corrected chi connectivity index (χ0v) is 10.9. The monoisotopic (exact) mass is 233 g/mol. The topological polar surface area (TPSA) is 42.2 Å². The number of aryl methyl sites for hydroxylation is 1. The van der Waals surface area contributed by atoms with E-state index in [9.17, 15) is 0 Å². The Labute approximate surface area is 104 Å². The molecular weight excluding hydrogens is 210 g/mol. The van der Waals surface area contributed by atoms with E-state index in [2.05, 4.69) is 29.8 Å². The van der Waals surface area contributed by atoms with Crippen LogP contribution in [0.1, 0.15) is 38.2 Å². The molecular formula is C14H23N3. The van der Waals surface area contributed by atoms with Crippen LogP contribution in [0.5, 0.6) is 0 Å². The predicted octanol–water partition coefficient (Wildman–Crippen LogP) is 2.49. The number of nitrogens with two attached hydrogens (primary N) is 1. The van der Waals surface area contributed by atoms with Gasteiger partial charge in [0.25, 0.3) is 0 Å². The summed E-state index contributed by atoms with van der Waals surface area (Å²) in [6.45, 7) is 5.37. The van der Waals surface area contributed by atoms with Gasteiger partial charge in [-0.05, 0) is 51.2 Å². The molecule has 0 unspecified atom stereocenters. The summed E-state index contributed by atoms with van der Waals surface area (Å²) in [5.41, 5.74) is 7.24.